The van der Waals surface area contributed by atoms with Crippen LogP contribution in [0.25, 0.3) is 0 Å². The van der Waals surface area contributed by atoms with Gasteiger partial charge in [-0.25, -0.2) is 8.42 Å². The first-order valence-electron chi connectivity index (χ1n) is 9.42. The minimum Gasteiger partial charge on any atom is -0.348 e. The van der Waals surface area contributed by atoms with Gasteiger partial charge in [-0.1, -0.05) is 48.5 Å². The molecule has 1 aliphatic heterocycles. The maximum Gasteiger partial charge on any atom is 0.244 e. The quantitative estimate of drug-likeness (QED) is 0.861. The molecule has 0 spiro atoms. The predicted molar refractivity (Wildman–Crippen MR) is 103 cm³/mol. The Balaban J connectivity index is 1.60. The number of fused-ring (bicyclic) bond motifs is 2. The van der Waals surface area contributed by atoms with Crippen molar-refractivity contribution in [3.63, 3.8) is 0 Å². The molecule has 142 valence electrons. The molecule has 0 unspecified atom stereocenters. The van der Waals surface area contributed by atoms with Gasteiger partial charge in [0.25, 0.3) is 0 Å². The van der Waals surface area contributed by atoms with E-state index in [1.165, 1.54) is 4.31 Å². The first-order valence-corrected chi connectivity index (χ1v) is 10.9. The number of carbonyl (C=O) groups is 1. The summed E-state index contributed by atoms with van der Waals surface area (Å²) in [7, 11) is -3.69. The molecule has 1 amide bonds. The standard InChI is InChI=1S/C21H24N2O3S/c1-15(16-8-4-2-5-9-16)22-21(24)20-17-12-13-18(14-17)23(20)27(25,26)19-10-6-3-7-11-19/h2-11,15,17-18,20H,12-14H2,1H3,(H,22,24)/t15-,17-,18-,20+/m0/s1. The number of amides is 1. The summed E-state index contributed by atoms with van der Waals surface area (Å²) in [5, 5.41) is 3.03. The first-order chi connectivity index (χ1) is 13.0. The zero-order chi connectivity index (χ0) is 19.0. The molecule has 2 aromatic rings. The van der Waals surface area contributed by atoms with E-state index in [1.54, 1.807) is 30.3 Å². The number of hydrogen-bond acceptors (Lipinski definition) is 3. The molecule has 2 aliphatic rings. The van der Waals surface area contributed by atoms with E-state index in [0.29, 0.717) is 0 Å². The number of sulfonamides is 1. The average Bonchev–Trinajstić information content (AvgIpc) is 3.31. The van der Waals surface area contributed by atoms with Crippen LogP contribution in [-0.2, 0) is 14.8 Å². The summed E-state index contributed by atoms with van der Waals surface area (Å²) in [6.07, 6.45) is 2.50. The van der Waals surface area contributed by atoms with Crippen LogP contribution in [0.15, 0.2) is 65.6 Å². The molecule has 2 fully saturated rings. The largest absolute Gasteiger partial charge is 0.348 e. The highest BCUT2D eigenvalue weighted by Gasteiger charge is 2.54. The van der Waals surface area contributed by atoms with Gasteiger partial charge in [0.1, 0.15) is 6.04 Å². The number of benzene rings is 2. The van der Waals surface area contributed by atoms with E-state index in [-0.39, 0.29) is 28.8 Å². The number of nitrogens with zero attached hydrogens (tertiary/aromatic N) is 1. The third-order valence-corrected chi connectivity index (χ3v) is 7.72. The van der Waals surface area contributed by atoms with Gasteiger partial charge in [-0.2, -0.15) is 4.31 Å². The Kier molecular flexibility index (Phi) is 4.78. The van der Waals surface area contributed by atoms with Crippen LogP contribution < -0.4 is 5.32 Å². The zero-order valence-corrected chi connectivity index (χ0v) is 16.1. The van der Waals surface area contributed by atoms with E-state index < -0.39 is 16.1 Å². The molecule has 0 radical (unpaired) electrons. The topological polar surface area (TPSA) is 66.5 Å². The lowest BCUT2D eigenvalue weighted by molar-refractivity contribution is -0.126. The molecule has 1 N–H and O–H groups in total. The number of rotatable bonds is 5. The summed E-state index contributed by atoms with van der Waals surface area (Å²) >= 11 is 0. The van der Waals surface area contributed by atoms with Gasteiger partial charge in [-0.15, -0.1) is 0 Å². The summed E-state index contributed by atoms with van der Waals surface area (Å²) < 4.78 is 28.0. The van der Waals surface area contributed by atoms with Gasteiger partial charge in [0.05, 0.1) is 10.9 Å². The maximum absolute atomic E-state index is 13.2. The Hall–Kier alpha value is -2.18. The molecule has 5 nitrogen and oxygen atoms in total. The Labute approximate surface area is 160 Å². The summed E-state index contributed by atoms with van der Waals surface area (Å²) in [5.74, 6) is -0.102. The lowest BCUT2D eigenvalue weighted by atomic mass is 9.98. The van der Waals surface area contributed by atoms with Crippen LogP contribution in [0.4, 0.5) is 0 Å². The molecule has 1 saturated carbocycles. The molecular formula is C21H24N2O3S. The number of piperidine rings is 1. The van der Waals surface area contributed by atoms with E-state index in [9.17, 15) is 13.2 Å². The van der Waals surface area contributed by atoms with E-state index in [0.717, 1.165) is 24.8 Å². The van der Waals surface area contributed by atoms with Crippen LogP contribution in [0.3, 0.4) is 0 Å². The van der Waals surface area contributed by atoms with Crippen LogP contribution in [0, 0.1) is 5.92 Å². The van der Waals surface area contributed by atoms with Crippen molar-refractivity contribution in [3.8, 4) is 0 Å². The van der Waals surface area contributed by atoms with Crippen LogP contribution in [0.2, 0.25) is 0 Å². The van der Waals surface area contributed by atoms with E-state index >= 15 is 0 Å². The van der Waals surface area contributed by atoms with Gasteiger partial charge < -0.3 is 5.32 Å². The van der Waals surface area contributed by atoms with Crippen molar-refractivity contribution in [1.29, 1.82) is 0 Å². The molecule has 27 heavy (non-hydrogen) atoms. The van der Waals surface area contributed by atoms with Gasteiger partial charge in [0, 0.05) is 6.04 Å². The number of nitrogens with one attached hydrogen (secondary N) is 1. The summed E-state index contributed by atoms with van der Waals surface area (Å²) in [5.41, 5.74) is 1.01. The van der Waals surface area contributed by atoms with Gasteiger partial charge in [0.2, 0.25) is 15.9 Å². The Morgan fingerprint density at radius 2 is 1.67 bits per heavy atom. The second-order valence-electron chi connectivity index (χ2n) is 7.46. The molecule has 4 rings (SSSR count). The molecule has 6 heteroatoms. The minimum absolute atomic E-state index is 0.0806. The van der Waals surface area contributed by atoms with Crippen molar-refractivity contribution in [1.82, 2.24) is 9.62 Å². The predicted octanol–water partition coefficient (Wildman–Crippen LogP) is 3.11. The second kappa shape index (κ2) is 7.09. The van der Waals surface area contributed by atoms with Crippen molar-refractivity contribution in [2.24, 2.45) is 5.92 Å². The molecular weight excluding hydrogens is 360 g/mol. The zero-order valence-electron chi connectivity index (χ0n) is 15.3. The average molecular weight is 385 g/mol. The highest BCUT2D eigenvalue weighted by atomic mass is 32.2. The monoisotopic (exact) mass is 384 g/mol. The van der Waals surface area contributed by atoms with Crippen LogP contribution in [-0.4, -0.2) is 30.7 Å². The molecule has 2 aromatic carbocycles. The van der Waals surface area contributed by atoms with Crippen molar-refractivity contribution >= 4 is 15.9 Å². The highest BCUT2D eigenvalue weighted by Crippen LogP contribution is 2.45. The second-order valence-corrected chi connectivity index (χ2v) is 9.30. The molecule has 1 heterocycles. The fourth-order valence-electron chi connectivity index (χ4n) is 4.46. The lowest BCUT2D eigenvalue weighted by Gasteiger charge is -2.34. The van der Waals surface area contributed by atoms with Crippen LogP contribution in [0.1, 0.15) is 37.8 Å². The van der Waals surface area contributed by atoms with Gasteiger partial charge >= 0.3 is 0 Å². The van der Waals surface area contributed by atoms with Crippen molar-refractivity contribution in [3.05, 3.63) is 66.2 Å². The van der Waals surface area contributed by atoms with E-state index in [4.69, 9.17) is 0 Å². The van der Waals surface area contributed by atoms with Gasteiger partial charge in [-0.05, 0) is 49.8 Å². The Morgan fingerprint density at radius 3 is 2.33 bits per heavy atom. The Bertz CT molecular complexity index is 915. The summed E-state index contributed by atoms with van der Waals surface area (Å²) in [6, 6.07) is 17.3. The fraction of sp³-hybridized carbons (Fsp3) is 0.381. The lowest BCUT2D eigenvalue weighted by Crippen LogP contribution is -2.52. The molecule has 0 aromatic heterocycles. The van der Waals surface area contributed by atoms with Gasteiger partial charge in [0.15, 0.2) is 0 Å². The molecule has 1 aliphatic carbocycles. The SMILES string of the molecule is C[C@H](NC(=O)[C@H]1[C@H]2CC[C@@H](C2)N1S(=O)(=O)c1ccccc1)c1ccccc1. The smallest absolute Gasteiger partial charge is 0.244 e. The fourth-order valence-corrected chi connectivity index (χ4v) is 6.35. The molecule has 2 bridgehead atoms. The van der Waals surface area contributed by atoms with Crippen molar-refractivity contribution in [2.75, 3.05) is 0 Å². The summed E-state index contributed by atoms with van der Waals surface area (Å²) in [6.45, 7) is 1.93. The summed E-state index contributed by atoms with van der Waals surface area (Å²) in [4.78, 5) is 13.3. The van der Waals surface area contributed by atoms with E-state index in [2.05, 4.69) is 5.32 Å². The minimum atomic E-state index is -3.69. The van der Waals surface area contributed by atoms with Crippen LogP contribution >= 0.6 is 0 Å². The Morgan fingerprint density at radius 1 is 1.04 bits per heavy atom. The van der Waals surface area contributed by atoms with Crippen molar-refractivity contribution < 1.29 is 13.2 Å². The molecule has 1 saturated heterocycles. The number of carbonyl (C=O) groups excluding carboxylic acids is 1. The molecule has 4 atom stereocenters. The third kappa shape index (κ3) is 3.28. The van der Waals surface area contributed by atoms with Crippen molar-refractivity contribution in [2.45, 2.75) is 49.2 Å². The first kappa shape index (κ1) is 18.2. The maximum atomic E-state index is 13.2. The van der Waals surface area contributed by atoms with E-state index in [1.807, 2.05) is 37.3 Å². The third-order valence-electron chi connectivity index (χ3n) is 5.77. The van der Waals surface area contributed by atoms with Gasteiger partial charge in [-0.3, -0.25) is 4.79 Å². The normalized spacial score (nSPS) is 26.0. The highest BCUT2D eigenvalue weighted by molar-refractivity contribution is 7.89. The number of hydrogen-bond donors (Lipinski definition) is 1. The van der Waals surface area contributed by atoms with Crippen LogP contribution in [0.5, 0.6) is 0 Å².